The van der Waals surface area contributed by atoms with E-state index in [0.29, 0.717) is 22.8 Å². The molecule has 1 aromatic heterocycles. The van der Waals surface area contributed by atoms with Crippen LogP contribution in [0, 0.1) is 28.1 Å². The third kappa shape index (κ3) is 2.34. The van der Waals surface area contributed by atoms with Crippen LogP contribution in [0.1, 0.15) is 38.4 Å². The summed E-state index contributed by atoms with van der Waals surface area (Å²) < 4.78 is 5.46. The summed E-state index contributed by atoms with van der Waals surface area (Å²) in [4.78, 5) is 13.6. The number of carbonyl (C=O) groups is 1. The van der Waals surface area contributed by atoms with E-state index in [2.05, 4.69) is 19.9 Å². The molecule has 1 aliphatic carbocycles. The third-order valence-electron chi connectivity index (χ3n) is 4.03. The molecule has 1 aliphatic heterocycles. The van der Waals surface area contributed by atoms with Gasteiger partial charge in [-0.3, -0.25) is 10.2 Å². The molecule has 0 unspecified atom stereocenters. The first-order chi connectivity index (χ1) is 9.93. The maximum Gasteiger partial charge on any atom is 0.161 e. The van der Waals surface area contributed by atoms with Crippen LogP contribution in [0.25, 0.3) is 0 Å². The summed E-state index contributed by atoms with van der Waals surface area (Å²) in [6.45, 7) is 4.13. The molecule has 0 fully saturated rings. The van der Waals surface area contributed by atoms with Crippen LogP contribution in [0.5, 0.6) is 0 Å². The minimum Gasteiger partial charge on any atom is -0.469 e. The van der Waals surface area contributed by atoms with Gasteiger partial charge in [-0.15, -0.1) is 0 Å². The Kier molecular flexibility index (Phi) is 3.29. The molecule has 0 amide bonds. The van der Waals surface area contributed by atoms with Gasteiger partial charge >= 0.3 is 0 Å². The highest BCUT2D eigenvalue weighted by Crippen LogP contribution is 2.52. The number of nitriles is 1. The Hall–Kier alpha value is -1.80. The predicted octanol–water partition coefficient (Wildman–Crippen LogP) is 3.87. The first-order valence-corrected chi connectivity index (χ1v) is 7.70. The normalized spacial score (nSPS) is 28.2. The second-order valence-corrected chi connectivity index (χ2v) is 7.48. The summed E-state index contributed by atoms with van der Waals surface area (Å²) in [6.07, 6.45) is 2.80. The van der Waals surface area contributed by atoms with Crippen LogP contribution < -0.4 is 0 Å². The van der Waals surface area contributed by atoms with Crippen molar-refractivity contribution in [3.63, 3.8) is 0 Å². The first kappa shape index (κ1) is 14.2. The van der Waals surface area contributed by atoms with Crippen LogP contribution in [-0.2, 0) is 4.79 Å². The molecular weight excluding hydrogens is 284 g/mol. The highest BCUT2D eigenvalue weighted by molar-refractivity contribution is 8.17. The lowest BCUT2D eigenvalue weighted by atomic mass is 9.71. The zero-order valence-electron chi connectivity index (χ0n) is 12.0. The highest BCUT2D eigenvalue weighted by Gasteiger charge is 2.45. The van der Waals surface area contributed by atoms with Crippen molar-refractivity contribution in [1.29, 1.82) is 10.7 Å². The number of rotatable bonds is 1. The lowest BCUT2D eigenvalue weighted by molar-refractivity contribution is -0.118. The molecule has 2 aliphatic rings. The van der Waals surface area contributed by atoms with Crippen molar-refractivity contribution in [2.75, 3.05) is 0 Å². The largest absolute Gasteiger partial charge is 0.469 e. The number of nitrogens with one attached hydrogen (secondary N) is 1. The van der Waals surface area contributed by atoms with Gasteiger partial charge in [0.15, 0.2) is 5.78 Å². The Morgan fingerprint density at radius 1 is 1.48 bits per heavy atom. The summed E-state index contributed by atoms with van der Waals surface area (Å²) >= 11 is 1.29. The van der Waals surface area contributed by atoms with Crippen LogP contribution >= 0.6 is 11.8 Å². The molecule has 108 valence electrons. The standard InChI is InChI=1S/C16H16N2O2S/c1-16(2)6-10(19)14-12(7-16)21-15(18)9(8-17)13(14)11-4-3-5-20-11/h3-5,9,13,18H,6-7H2,1-2H3/t9-,13+/m1/s1. The van der Waals surface area contributed by atoms with E-state index >= 15 is 0 Å². The van der Waals surface area contributed by atoms with Crippen LogP contribution in [0.15, 0.2) is 33.3 Å². The molecular formula is C16H16N2O2S. The topological polar surface area (TPSA) is 77.9 Å². The Morgan fingerprint density at radius 3 is 2.86 bits per heavy atom. The molecule has 0 bridgehead atoms. The van der Waals surface area contributed by atoms with Crippen LogP contribution in [0.4, 0.5) is 0 Å². The fourth-order valence-corrected chi connectivity index (χ4v) is 4.53. The molecule has 2 atom stereocenters. The summed E-state index contributed by atoms with van der Waals surface area (Å²) in [6, 6.07) is 5.72. The third-order valence-corrected chi connectivity index (χ3v) is 5.11. The van der Waals surface area contributed by atoms with Crippen LogP contribution in [0.3, 0.4) is 0 Å². The van der Waals surface area contributed by atoms with Gasteiger partial charge in [0.2, 0.25) is 0 Å². The van der Waals surface area contributed by atoms with Gasteiger partial charge in [-0.2, -0.15) is 5.26 Å². The number of Topliss-reactive ketones (excluding diaryl/α,β-unsaturated/α-hetero) is 1. The highest BCUT2D eigenvalue weighted by atomic mass is 32.2. The van der Waals surface area contributed by atoms with E-state index < -0.39 is 11.8 Å². The van der Waals surface area contributed by atoms with Gasteiger partial charge in [0, 0.05) is 12.0 Å². The van der Waals surface area contributed by atoms with Gasteiger partial charge in [0.05, 0.1) is 23.3 Å². The zero-order valence-corrected chi connectivity index (χ0v) is 12.8. The second kappa shape index (κ2) is 4.88. The lowest BCUT2D eigenvalue weighted by Crippen LogP contribution is -2.34. The van der Waals surface area contributed by atoms with E-state index in [1.54, 1.807) is 18.4 Å². The maximum atomic E-state index is 12.6. The lowest BCUT2D eigenvalue weighted by Gasteiger charge is -2.38. The quantitative estimate of drug-likeness (QED) is 0.854. The van der Waals surface area contributed by atoms with Gasteiger partial charge < -0.3 is 4.42 Å². The van der Waals surface area contributed by atoms with Crippen molar-refractivity contribution in [2.24, 2.45) is 11.3 Å². The molecule has 0 saturated carbocycles. The van der Waals surface area contributed by atoms with Gasteiger partial charge in [-0.05, 0) is 28.9 Å². The van der Waals surface area contributed by atoms with Gasteiger partial charge in [-0.1, -0.05) is 25.6 Å². The van der Waals surface area contributed by atoms with Crippen molar-refractivity contribution in [3.05, 3.63) is 34.6 Å². The summed E-state index contributed by atoms with van der Waals surface area (Å²) in [7, 11) is 0. The van der Waals surface area contributed by atoms with Crippen LogP contribution in [-0.4, -0.2) is 10.8 Å². The molecule has 1 aromatic rings. The summed E-state index contributed by atoms with van der Waals surface area (Å²) in [5.41, 5.74) is 0.605. The predicted molar refractivity (Wildman–Crippen MR) is 80.9 cm³/mol. The number of furan rings is 1. The van der Waals surface area contributed by atoms with Crippen molar-refractivity contribution < 1.29 is 9.21 Å². The van der Waals surface area contributed by atoms with Crippen molar-refractivity contribution in [2.45, 2.75) is 32.6 Å². The van der Waals surface area contributed by atoms with Crippen molar-refractivity contribution in [3.8, 4) is 6.07 Å². The van der Waals surface area contributed by atoms with E-state index in [1.807, 2.05) is 0 Å². The number of allylic oxidation sites excluding steroid dienone is 2. The molecule has 0 saturated heterocycles. The molecule has 2 heterocycles. The van der Waals surface area contributed by atoms with Crippen molar-refractivity contribution in [1.82, 2.24) is 0 Å². The fourth-order valence-electron chi connectivity index (χ4n) is 3.14. The van der Waals surface area contributed by atoms with E-state index in [-0.39, 0.29) is 11.2 Å². The number of ketones is 1. The summed E-state index contributed by atoms with van der Waals surface area (Å²) in [5.74, 6) is -0.377. The van der Waals surface area contributed by atoms with Crippen molar-refractivity contribution >= 4 is 22.6 Å². The molecule has 1 N–H and O–H groups in total. The molecule has 21 heavy (non-hydrogen) atoms. The van der Waals surface area contributed by atoms with E-state index in [1.165, 1.54) is 11.8 Å². The van der Waals surface area contributed by atoms with Gasteiger partial charge in [0.1, 0.15) is 11.7 Å². The number of thioether (sulfide) groups is 1. The summed E-state index contributed by atoms with van der Waals surface area (Å²) in [5, 5.41) is 17.9. The van der Waals surface area contributed by atoms with Gasteiger partial charge in [-0.25, -0.2) is 0 Å². The fraction of sp³-hybridized carbons (Fsp3) is 0.438. The SMILES string of the molecule is CC1(C)CC(=O)C2=C(C1)SC(=N)[C@H](C#N)[C@H]2c1ccco1. The maximum absolute atomic E-state index is 12.6. The average molecular weight is 300 g/mol. The zero-order chi connectivity index (χ0) is 15.2. The molecule has 3 rings (SSSR count). The monoisotopic (exact) mass is 300 g/mol. The van der Waals surface area contributed by atoms with E-state index in [4.69, 9.17) is 9.83 Å². The molecule has 5 heteroatoms. The van der Waals surface area contributed by atoms with Gasteiger partial charge in [0.25, 0.3) is 0 Å². The number of nitrogens with zero attached hydrogens (tertiary/aromatic N) is 1. The molecule has 0 aromatic carbocycles. The average Bonchev–Trinajstić information content (AvgIpc) is 2.88. The number of hydrogen-bond donors (Lipinski definition) is 1. The first-order valence-electron chi connectivity index (χ1n) is 6.88. The Bertz CT molecular complexity index is 680. The number of hydrogen-bond acceptors (Lipinski definition) is 5. The van der Waals surface area contributed by atoms with E-state index in [9.17, 15) is 10.1 Å². The molecule has 0 radical (unpaired) electrons. The smallest absolute Gasteiger partial charge is 0.161 e. The Balaban J connectivity index is 2.16. The second-order valence-electron chi connectivity index (χ2n) is 6.34. The molecule has 4 nitrogen and oxygen atoms in total. The number of carbonyl (C=O) groups excluding carboxylic acids is 1. The Labute approximate surface area is 127 Å². The molecule has 0 spiro atoms. The Morgan fingerprint density at radius 2 is 2.24 bits per heavy atom. The van der Waals surface area contributed by atoms with Crippen LogP contribution in [0.2, 0.25) is 0 Å². The minimum absolute atomic E-state index is 0.0860. The van der Waals surface area contributed by atoms with E-state index in [0.717, 1.165) is 11.3 Å². The minimum atomic E-state index is -0.634.